The highest BCUT2D eigenvalue weighted by atomic mass is 32.2. The van der Waals surface area contributed by atoms with Crippen molar-refractivity contribution in [3.05, 3.63) is 65.1 Å². The molecule has 3 rings (SSSR count). The molecule has 1 aliphatic heterocycles. The maximum absolute atomic E-state index is 12.5. The van der Waals surface area contributed by atoms with E-state index in [2.05, 4.69) is 5.32 Å². The number of benzene rings is 2. The Morgan fingerprint density at radius 1 is 1.11 bits per heavy atom. The summed E-state index contributed by atoms with van der Waals surface area (Å²) < 4.78 is 5.38. The molecule has 0 radical (unpaired) electrons. The van der Waals surface area contributed by atoms with Crippen LogP contribution in [0.25, 0.3) is 6.08 Å². The molecule has 3 amide bonds. The summed E-state index contributed by atoms with van der Waals surface area (Å²) in [4.78, 5) is 38.0. The molecule has 0 saturated carbocycles. The van der Waals surface area contributed by atoms with E-state index >= 15 is 0 Å². The summed E-state index contributed by atoms with van der Waals surface area (Å²) in [5.41, 5.74) is 1.39. The second kappa shape index (κ2) is 8.55. The maximum atomic E-state index is 12.5. The molecular formula is C20H18N2O4S. The first-order valence-electron chi connectivity index (χ1n) is 8.40. The molecule has 0 unspecified atom stereocenters. The molecule has 1 aliphatic rings. The van der Waals surface area contributed by atoms with Gasteiger partial charge < -0.3 is 10.1 Å². The van der Waals surface area contributed by atoms with E-state index in [-0.39, 0.29) is 11.4 Å². The summed E-state index contributed by atoms with van der Waals surface area (Å²) in [6.45, 7) is 2.15. The zero-order valence-electron chi connectivity index (χ0n) is 14.7. The van der Waals surface area contributed by atoms with Gasteiger partial charge in [0.05, 0.1) is 11.5 Å². The highest BCUT2D eigenvalue weighted by Crippen LogP contribution is 2.32. The lowest BCUT2D eigenvalue weighted by Gasteiger charge is -2.12. The monoisotopic (exact) mass is 382 g/mol. The SMILES string of the molecule is CCOc1ccc(/C=C2/SC(=O)N(CC(=O)Nc3ccccc3)C2=O)cc1. The molecule has 1 saturated heterocycles. The Bertz CT molecular complexity index is 879. The molecule has 2 aromatic rings. The molecule has 2 aromatic carbocycles. The number of hydrogen-bond acceptors (Lipinski definition) is 5. The van der Waals surface area contributed by atoms with Gasteiger partial charge in [0.15, 0.2) is 0 Å². The molecule has 1 N–H and O–H groups in total. The Balaban J connectivity index is 1.66. The van der Waals surface area contributed by atoms with Crippen LogP contribution >= 0.6 is 11.8 Å². The highest BCUT2D eigenvalue weighted by Gasteiger charge is 2.36. The van der Waals surface area contributed by atoms with E-state index in [0.717, 1.165) is 28.0 Å². The number of thioether (sulfide) groups is 1. The van der Waals surface area contributed by atoms with Crippen molar-refractivity contribution in [1.29, 1.82) is 0 Å². The fraction of sp³-hybridized carbons (Fsp3) is 0.150. The Kier molecular flexibility index (Phi) is 5.93. The highest BCUT2D eigenvalue weighted by molar-refractivity contribution is 8.18. The lowest BCUT2D eigenvalue weighted by atomic mass is 10.2. The topological polar surface area (TPSA) is 75.7 Å². The molecule has 0 bridgehead atoms. The molecule has 1 heterocycles. The zero-order chi connectivity index (χ0) is 19.2. The molecular weight excluding hydrogens is 364 g/mol. The van der Waals surface area contributed by atoms with Crippen LogP contribution in [0.5, 0.6) is 5.75 Å². The smallest absolute Gasteiger partial charge is 0.294 e. The fourth-order valence-electron chi connectivity index (χ4n) is 2.48. The minimum absolute atomic E-state index is 0.289. The van der Waals surface area contributed by atoms with Gasteiger partial charge in [0, 0.05) is 5.69 Å². The van der Waals surface area contributed by atoms with E-state index in [4.69, 9.17) is 4.74 Å². The summed E-state index contributed by atoms with van der Waals surface area (Å²) in [6, 6.07) is 16.1. The Morgan fingerprint density at radius 3 is 2.48 bits per heavy atom. The third-order valence-corrected chi connectivity index (χ3v) is 4.63. The predicted molar refractivity (Wildman–Crippen MR) is 105 cm³/mol. The van der Waals surface area contributed by atoms with E-state index < -0.39 is 17.1 Å². The van der Waals surface area contributed by atoms with E-state index in [9.17, 15) is 14.4 Å². The normalized spacial score (nSPS) is 15.3. The van der Waals surface area contributed by atoms with Gasteiger partial charge in [0.1, 0.15) is 12.3 Å². The van der Waals surface area contributed by atoms with E-state index in [0.29, 0.717) is 12.3 Å². The second-order valence-corrected chi connectivity index (χ2v) is 6.68. The summed E-state index contributed by atoms with van der Waals surface area (Å²) in [7, 11) is 0. The third kappa shape index (κ3) is 4.77. The number of nitrogens with zero attached hydrogens (tertiary/aromatic N) is 1. The molecule has 1 fully saturated rings. The summed E-state index contributed by atoms with van der Waals surface area (Å²) in [5, 5.41) is 2.21. The second-order valence-electron chi connectivity index (χ2n) is 5.68. The van der Waals surface area contributed by atoms with Crippen LogP contribution in [0.4, 0.5) is 10.5 Å². The summed E-state index contributed by atoms with van der Waals surface area (Å²) >= 11 is 0.827. The first-order valence-corrected chi connectivity index (χ1v) is 9.21. The largest absolute Gasteiger partial charge is 0.494 e. The van der Waals surface area contributed by atoms with Crippen molar-refractivity contribution in [2.24, 2.45) is 0 Å². The number of anilines is 1. The van der Waals surface area contributed by atoms with Gasteiger partial charge >= 0.3 is 0 Å². The minimum atomic E-state index is -0.470. The molecule has 27 heavy (non-hydrogen) atoms. The van der Waals surface area contributed by atoms with Gasteiger partial charge in [-0.3, -0.25) is 19.3 Å². The predicted octanol–water partition coefficient (Wildman–Crippen LogP) is 3.76. The van der Waals surface area contributed by atoms with Crippen molar-refractivity contribution in [3.63, 3.8) is 0 Å². The van der Waals surface area contributed by atoms with Crippen LogP contribution in [0.15, 0.2) is 59.5 Å². The van der Waals surface area contributed by atoms with Gasteiger partial charge in [0.25, 0.3) is 11.1 Å². The average Bonchev–Trinajstić information content (AvgIpc) is 2.92. The molecule has 0 spiro atoms. The number of hydrogen-bond donors (Lipinski definition) is 1. The Hall–Kier alpha value is -3.06. The van der Waals surface area contributed by atoms with Crippen molar-refractivity contribution >= 4 is 40.6 Å². The molecule has 0 aliphatic carbocycles. The van der Waals surface area contributed by atoms with Crippen LogP contribution < -0.4 is 10.1 Å². The van der Waals surface area contributed by atoms with Crippen LogP contribution in [0.3, 0.4) is 0 Å². The van der Waals surface area contributed by atoms with Crippen molar-refractivity contribution in [3.8, 4) is 5.75 Å². The number of para-hydroxylation sites is 1. The van der Waals surface area contributed by atoms with Gasteiger partial charge in [-0.25, -0.2) is 0 Å². The molecule has 0 aromatic heterocycles. The number of amides is 3. The number of nitrogens with one attached hydrogen (secondary N) is 1. The van der Waals surface area contributed by atoms with E-state index in [1.165, 1.54) is 0 Å². The summed E-state index contributed by atoms with van der Waals surface area (Å²) in [5.74, 6) is -0.159. The zero-order valence-corrected chi connectivity index (χ0v) is 15.5. The maximum Gasteiger partial charge on any atom is 0.294 e. The van der Waals surface area contributed by atoms with Gasteiger partial charge in [-0.15, -0.1) is 0 Å². The number of carbonyl (C=O) groups is 3. The van der Waals surface area contributed by atoms with Crippen molar-refractivity contribution in [2.45, 2.75) is 6.92 Å². The van der Waals surface area contributed by atoms with Crippen molar-refractivity contribution < 1.29 is 19.1 Å². The summed E-state index contributed by atoms with van der Waals surface area (Å²) in [6.07, 6.45) is 1.63. The van der Waals surface area contributed by atoms with Crippen LogP contribution in [0, 0.1) is 0 Å². The number of ether oxygens (including phenoxy) is 1. The first kappa shape index (κ1) is 18.7. The van der Waals surface area contributed by atoms with Crippen LogP contribution in [0.1, 0.15) is 12.5 Å². The van der Waals surface area contributed by atoms with Crippen molar-refractivity contribution in [2.75, 3.05) is 18.5 Å². The van der Waals surface area contributed by atoms with Gasteiger partial charge in [-0.05, 0) is 54.6 Å². The van der Waals surface area contributed by atoms with Crippen LogP contribution in [-0.4, -0.2) is 35.1 Å². The van der Waals surface area contributed by atoms with E-state index in [1.807, 2.05) is 13.0 Å². The quantitative estimate of drug-likeness (QED) is 0.770. The number of carbonyl (C=O) groups excluding carboxylic acids is 3. The third-order valence-electron chi connectivity index (χ3n) is 3.72. The minimum Gasteiger partial charge on any atom is -0.494 e. The lowest BCUT2D eigenvalue weighted by molar-refractivity contribution is -0.127. The average molecular weight is 382 g/mol. The standard InChI is InChI=1S/C20H18N2O4S/c1-2-26-16-10-8-14(9-11-16)12-17-19(24)22(20(25)27-17)13-18(23)21-15-6-4-3-5-7-15/h3-12H,2,13H2,1H3,(H,21,23)/b17-12+. The molecule has 7 heteroatoms. The van der Waals surface area contributed by atoms with E-state index in [1.54, 1.807) is 54.6 Å². The molecule has 6 nitrogen and oxygen atoms in total. The van der Waals surface area contributed by atoms with Crippen molar-refractivity contribution in [1.82, 2.24) is 4.90 Å². The molecule has 138 valence electrons. The van der Waals surface area contributed by atoms with Gasteiger partial charge in [0.2, 0.25) is 5.91 Å². The Morgan fingerprint density at radius 2 is 1.81 bits per heavy atom. The lowest BCUT2D eigenvalue weighted by Crippen LogP contribution is -2.36. The fourth-order valence-corrected chi connectivity index (χ4v) is 3.32. The van der Waals surface area contributed by atoms with Crippen LogP contribution in [0.2, 0.25) is 0 Å². The Labute approximate surface area is 161 Å². The van der Waals surface area contributed by atoms with Gasteiger partial charge in [-0.2, -0.15) is 0 Å². The number of rotatable bonds is 6. The van der Waals surface area contributed by atoms with Gasteiger partial charge in [-0.1, -0.05) is 30.3 Å². The molecule has 0 atom stereocenters. The van der Waals surface area contributed by atoms with Crippen LogP contribution in [-0.2, 0) is 9.59 Å². The number of imide groups is 1. The first-order chi connectivity index (χ1) is 13.1.